The van der Waals surface area contributed by atoms with Gasteiger partial charge < -0.3 is 15.0 Å². The Hall–Kier alpha value is -3.85. The molecule has 0 saturated carbocycles. The molecule has 2 amide bonds. The molecular formula is C33H43N3O5S. The quantitative estimate of drug-likeness (QED) is 0.288. The minimum atomic E-state index is -4.13. The van der Waals surface area contributed by atoms with E-state index in [4.69, 9.17) is 4.74 Å². The first kappa shape index (κ1) is 32.7. The molecule has 0 bridgehead atoms. The Morgan fingerprint density at radius 1 is 0.905 bits per heavy atom. The summed E-state index contributed by atoms with van der Waals surface area (Å²) >= 11 is 0. The van der Waals surface area contributed by atoms with E-state index in [0.717, 1.165) is 15.4 Å². The molecule has 9 heteroatoms. The van der Waals surface area contributed by atoms with Gasteiger partial charge in [-0.25, -0.2) is 8.42 Å². The molecule has 0 aromatic heterocycles. The molecular weight excluding hydrogens is 550 g/mol. The second kappa shape index (κ2) is 14.4. The fraction of sp³-hybridized carbons (Fsp3) is 0.394. The smallest absolute Gasteiger partial charge is 0.264 e. The Morgan fingerprint density at radius 3 is 2.07 bits per heavy atom. The molecule has 0 unspecified atom stereocenters. The lowest BCUT2D eigenvalue weighted by molar-refractivity contribution is -0.140. The average molecular weight is 594 g/mol. The van der Waals surface area contributed by atoms with Gasteiger partial charge in [0.1, 0.15) is 18.3 Å². The van der Waals surface area contributed by atoms with E-state index in [9.17, 15) is 18.0 Å². The monoisotopic (exact) mass is 593 g/mol. The summed E-state index contributed by atoms with van der Waals surface area (Å²) in [6, 6.07) is 22.1. The molecule has 0 aliphatic heterocycles. The topological polar surface area (TPSA) is 96.0 Å². The van der Waals surface area contributed by atoms with Gasteiger partial charge in [0.15, 0.2) is 0 Å². The molecule has 3 aromatic carbocycles. The zero-order valence-electron chi connectivity index (χ0n) is 25.5. The van der Waals surface area contributed by atoms with E-state index < -0.39 is 34.1 Å². The van der Waals surface area contributed by atoms with Crippen LogP contribution in [-0.4, -0.2) is 56.4 Å². The lowest BCUT2D eigenvalue weighted by Gasteiger charge is -2.34. The molecule has 8 nitrogen and oxygen atoms in total. The third kappa shape index (κ3) is 8.82. The highest BCUT2D eigenvalue weighted by molar-refractivity contribution is 7.92. The van der Waals surface area contributed by atoms with Gasteiger partial charge in [-0.3, -0.25) is 13.9 Å². The predicted octanol–water partition coefficient (Wildman–Crippen LogP) is 5.35. The van der Waals surface area contributed by atoms with Gasteiger partial charge in [-0.2, -0.15) is 0 Å². The Kier molecular flexibility index (Phi) is 11.2. The van der Waals surface area contributed by atoms with E-state index in [1.807, 2.05) is 71.9 Å². The summed E-state index contributed by atoms with van der Waals surface area (Å²) in [5.74, 6) is -0.151. The summed E-state index contributed by atoms with van der Waals surface area (Å²) in [5.41, 5.74) is 1.75. The van der Waals surface area contributed by atoms with Gasteiger partial charge in [-0.05, 0) is 89.4 Å². The van der Waals surface area contributed by atoms with Gasteiger partial charge in [0, 0.05) is 12.1 Å². The molecule has 0 fully saturated rings. The molecule has 3 rings (SSSR count). The Bertz CT molecular complexity index is 1420. The minimum Gasteiger partial charge on any atom is -0.494 e. The normalized spacial score (nSPS) is 12.3. The third-order valence-corrected chi connectivity index (χ3v) is 8.48. The van der Waals surface area contributed by atoms with Crippen LogP contribution in [0.2, 0.25) is 0 Å². The molecule has 0 spiro atoms. The van der Waals surface area contributed by atoms with Crippen molar-refractivity contribution in [3.05, 3.63) is 90.0 Å². The van der Waals surface area contributed by atoms with Crippen LogP contribution in [0.1, 0.15) is 52.2 Å². The van der Waals surface area contributed by atoms with Crippen LogP contribution in [0.4, 0.5) is 5.69 Å². The Labute approximate surface area is 250 Å². The second-order valence-electron chi connectivity index (χ2n) is 11.2. The number of carbonyl (C=O) groups excluding carboxylic acids is 2. The molecule has 0 saturated heterocycles. The van der Waals surface area contributed by atoms with Crippen molar-refractivity contribution >= 4 is 27.5 Å². The SMILES string of the molecule is CCOc1ccc(N(CC(=O)N(CCc2ccccc2)[C@H](CC)C(=O)NC(C)(C)C)S(=O)(=O)c2ccc(C)cc2)cc1. The maximum absolute atomic E-state index is 14.1. The number of rotatable bonds is 13. The van der Waals surface area contributed by atoms with E-state index >= 15 is 0 Å². The fourth-order valence-corrected chi connectivity index (χ4v) is 6.00. The number of hydrogen-bond donors (Lipinski definition) is 1. The van der Waals surface area contributed by atoms with Crippen molar-refractivity contribution in [2.24, 2.45) is 0 Å². The number of sulfonamides is 1. The summed E-state index contributed by atoms with van der Waals surface area (Å²) in [5, 5.41) is 2.99. The van der Waals surface area contributed by atoms with Crippen LogP contribution >= 0.6 is 0 Å². The van der Waals surface area contributed by atoms with Crippen LogP contribution in [0.5, 0.6) is 5.75 Å². The van der Waals surface area contributed by atoms with Gasteiger partial charge in [0.2, 0.25) is 11.8 Å². The number of ether oxygens (including phenoxy) is 1. The number of benzene rings is 3. The van der Waals surface area contributed by atoms with Gasteiger partial charge >= 0.3 is 0 Å². The largest absolute Gasteiger partial charge is 0.494 e. The molecule has 0 aliphatic carbocycles. The van der Waals surface area contributed by atoms with Crippen molar-refractivity contribution in [3.63, 3.8) is 0 Å². The summed E-state index contributed by atoms with van der Waals surface area (Å²) in [4.78, 5) is 29.1. The molecule has 3 aromatic rings. The number of aryl methyl sites for hydroxylation is 1. The summed E-state index contributed by atoms with van der Waals surface area (Å²) in [7, 11) is -4.13. The molecule has 1 N–H and O–H groups in total. The standard InChI is InChI=1S/C33H43N3O5S/c1-7-30(32(38)34-33(4,5)6)35(23-22-26-12-10-9-11-13-26)31(37)24-36(27-16-18-28(19-17-27)41-8-2)42(39,40)29-20-14-25(3)15-21-29/h9-21,30H,7-8,22-24H2,1-6H3,(H,34,38)/t30-/m1/s1. The van der Waals surface area contributed by atoms with Crippen LogP contribution in [-0.2, 0) is 26.0 Å². The summed E-state index contributed by atoms with van der Waals surface area (Å²) < 4.78 is 34.6. The lowest BCUT2D eigenvalue weighted by atomic mass is 10.1. The highest BCUT2D eigenvalue weighted by Crippen LogP contribution is 2.27. The second-order valence-corrected chi connectivity index (χ2v) is 13.1. The molecule has 226 valence electrons. The van der Waals surface area contributed by atoms with Crippen molar-refractivity contribution in [2.75, 3.05) is 24.0 Å². The maximum Gasteiger partial charge on any atom is 0.264 e. The van der Waals surface area contributed by atoms with Crippen molar-refractivity contribution in [1.29, 1.82) is 0 Å². The number of carbonyl (C=O) groups is 2. The van der Waals surface area contributed by atoms with Crippen molar-refractivity contribution < 1.29 is 22.7 Å². The Balaban J connectivity index is 2.02. The van der Waals surface area contributed by atoms with Crippen LogP contribution in [0.3, 0.4) is 0 Å². The number of nitrogens with one attached hydrogen (secondary N) is 1. The highest BCUT2D eigenvalue weighted by Gasteiger charge is 2.34. The average Bonchev–Trinajstić information content (AvgIpc) is 2.94. The van der Waals surface area contributed by atoms with E-state index in [-0.39, 0.29) is 17.3 Å². The summed E-state index contributed by atoms with van der Waals surface area (Å²) in [6.07, 6.45) is 0.885. The van der Waals surface area contributed by atoms with E-state index in [1.165, 1.54) is 17.0 Å². The Morgan fingerprint density at radius 2 is 1.52 bits per heavy atom. The molecule has 0 heterocycles. The maximum atomic E-state index is 14.1. The van der Waals surface area contributed by atoms with Crippen molar-refractivity contribution in [2.45, 2.75) is 70.9 Å². The van der Waals surface area contributed by atoms with Crippen LogP contribution < -0.4 is 14.4 Å². The number of anilines is 1. The molecule has 42 heavy (non-hydrogen) atoms. The lowest BCUT2D eigenvalue weighted by Crippen LogP contribution is -2.56. The van der Waals surface area contributed by atoms with Crippen molar-refractivity contribution in [3.8, 4) is 5.75 Å². The first-order chi connectivity index (χ1) is 19.9. The molecule has 1 atom stereocenters. The molecule has 0 aliphatic rings. The van der Waals surface area contributed by atoms with E-state index in [1.54, 1.807) is 36.4 Å². The van der Waals surface area contributed by atoms with Gasteiger partial charge in [0.25, 0.3) is 10.0 Å². The number of nitrogens with zero attached hydrogens (tertiary/aromatic N) is 2. The van der Waals surface area contributed by atoms with Crippen LogP contribution in [0.25, 0.3) is 0 Å². The van der Waals surface area contributed by atoms with Gasteiger partial charge in [-0.15, -0.1) is 0 Å². The summed E-state index contributed by atoms with van der Waals surface area (Å²) in [6.45, 7) is 11.5. The van der Waals surface area contributed by atoms with Gasteiger partial charge in [0.05, 0.1) is 17.2 Å². The zero-order valence-corrected chi connectivity index (χ0v) is 26.3. The third-order valence-electron chi connectivity index (χ3n) is 6.69. The first-order valence-corrected chi connectivity index (χ1v) is 15.8. The highest BCUT2D eigenvalue weighted by atomic mass is 32.2. The fourth-order valence-electron chi connectivity index (χ4n) is 4.59. The van der Waals surface area contributed by atoms with Crippen LogP contribution in [0.15, 0.2) is 83.8 Å². The predicted molar refractivity (Wildman–Crippen MR) is 167 cm³/mol. The first-order valence-electron chi connectivity index (χ1n) is 14.3. The minimum absolute atomic E-state index is 0.0723. The zero-order chi connectivity index (χ0) is 30.9. The van der Waals surface area contributed by atoms with E-state index in [2.05, 4.69) is 5.32 Å². The molecule has 0 radical (unpaired) electrons. The van der Waals surface area contributed by atoms with Gasteiger partial charge in [-0.1, -0.05) is 55.0 Å². The van der Waals surface area contributed by atoms with E-state index in [0.29, 0.717) is 30.9 Å². The van der Waals surface area contributed by atoms with Crippen LogP contribution in [0, 0.1) is 6.92 Å². The number of hydrogen-bond acceptors (Lipinski definition) is 5. The number of amides is 2. The van der Waals surface area contributed by atoms with Crippen molar-refractivity contribution in [1.82, 2.24) is 10.2 Å².